The summed E-state index contributed by atoms with van der Waals surface area (Å²) in [6, 6.07) is 6.09. The van der Waals surface area contributed by atoms with Crippen LogP contribution in [0.2, 0.25) is 0 Å². The number of amides is 1. The number of benzene rings is 1. The van der Waals surface area contributed by atoms with Gasteiger partial charge in [0.05, 0.1) is 0 Å². The Morgan fingerprint density at radius 2 is 1.70 bits per heavy atom. The standard InChI is InChI=1S/C22H28N2O3/c1-15(16-4-2-3-5-16)23-8-10-24(11-9-23)22(25)19-13-18(19)17-6-7-20-21(12-17)27-14-26-20/h6-7,12,16,18-19H,1-5,8-11,13-14H2. The van der Waals surface area contributed by atoms with Crippen LogP contribution in [-0.2, 0) is 4.79 Å². The molecule has 2 heterocycles. The predicted molar refractivity (Wildman–Crippen MR) is 103 cm³/mol. The van der Waals surface area contributed by atoms with Crippen LogP contribution in [0, 0.1) is 11.8 Å². The van der Waals surface area contributed by atoms with Gasteiger partial charge in [0.15, 0.2) is 11.5 Å². The number of hydrogen-bond donors (Lipinski definition) is 0. The maximum absolute atomic E-state index is 12.9. The quantitative estimate of drug-likeness (QED) is 0.817. The van der Waals surface area contributed by atoms with Gasteiger partial charge in [0.1, 0.15) is 0 Å². The monoisotopic (exact) mass is 368 g/mol. The number of carbonyl (C=O) groups is 1. The lowest BCUT2D eigenvalue weighted by Gasteiger charge is -2.38. The molecule has 0 radical (unpaired) electrons. The van der Waals surface area contributed by atoms with Crippen LogP contribution in [0.1, 0.15) is 43.6 Å². The van der Waals surface area contributed by atoms with Crippen molar-refractivity contribution in [3.63, 3.8) is 0 Å². The highest BCUT2D eigenvalue weighted by Gasteiger charge is 2.46. The summed E-state index contributed by atoms with van der Waals surface area (Å²) in [5.74, 6) is 3.08. The molecule has 3 fully saturated rings. The molecule has 1 aromatic rings. The minimum absolute atomic E-state index is 0.134. The third-order valence-corrected chi connectivity index (χ3v) is 6.76. The van der Waals surface area contributed by atoms with Gasteiger partial charge in [-0.15, -0.1) is 0 Å². The van der Waals surface area contributed by atoms with E-state index in [2.05, 4.69) is 22.4 Å². The molecule has 5 heteroatoms. The van der Waals surface area contributed by atoms with Crippen molar-refractivity contribution in [3.8, 4) is 11.5 Å². The molecule has 1 aromatic carbocycles. The number of piperazine rings is 1. The van der Waals surface area contributed by atoms with Gasteiger partial charge in [-0.1, -0.05) is 25.5 Å². The molecule has 2 aliphatic carbocycles. The topological polar surface area (TPSA) is 42.0 Å². The Morgan fingerprint density at radius 1 is 1.00 bits per heavy atom. The largest absolute Gasteiger partial charge is 0.454 e. The van der Waals surface area contributed by atoms with Crippen molar-refractivity contribution in [2.24, 2.45) is 11.8 Å². The molecule has 2 saturated carbocycles. The average Bonchev–Trinajstić information content (AvgIpc) is 3.09. The van der Waals surface area contributed by atoms with E-state index in [1.807, 2.05) is 12.1 Å². The normalized spacial score (nSPS) is 27.1. The van der Waals surface area contributed by atoms with Gasteiger partial charge in [0, 0.05) is 37.8 Å². The van der Waals surface area contributed by atoms with Gasteiger partial charge in [0.2, 0.25) is 12.7 Å². The molecule has 2 atom stereocenters. The van der Waals surface area contributed by atoms with Gasteiger partial charge in [-0.2, -0.15) is 0 Å². The summed E-state index contributed by atoms with van der Waals surface area (Å²) in [4.78, 5) is 17.4. The third-order valence-electron chi connectivity index (χ3n) is 6.76. The number of rotatable bonds is 4. The Balaban J connectivity index is 1.15. The Morgan fingerprint density at radius 3 is 2.48 bits per heavy atom. The summed E-state index contributed by atoms with van der Waals surface area (Å²) in [5, 5.41) is 0. The number of allylic oxidation sites excluding steroid dienone is 1. The highest BCUT2D eigenvalue weighted by atomic mass is 16.7. The van der Waals surface area contributed by atoms with Gasteiger partial charge < -0.3 is 19.3 Å². The van der Waals surface area contributed by atoms with E-state index in [0.717, 1.165) is 44.1 Å². The molecule has 0 aromatic heterocycles. The third kappa shape index (κ3) is 3.17. The highest BCUT2D eigenvalue weighted by Crippen LogP contribution is 2.50. The van der Waals surface area contributed by atoms with Gasteiger partial charge in [-0.05, 0) is 48.8 Å². The van der Waals surface area contributed by atoms with E-state index >= 15 is 0 Å². The average molecular weight is 368 g/mol. The highest BCUT2D eigenvalue weighted by molar-refractivity contribution is 5.83. The SMILES string of the molecule is C=C(C1CCCC1)N1CCN(C(=O)C2CC2c2ccc3c(c2)OCO3)CC1. The van der Waals surface area contributed by atoms with Crippen LogP contribution in [-0.4, -0.2) is 48.7 Å². The molecule has 5 rings (SSSR count). The molecular formula is C22H28N2O3. The first kappa shape index (κ1) is 17.0. The molecule has 1 saturated heterocycles. The Kier molecular flexibility index (Phi) is 4.25. The minimum Gasteiger partial charge on any atom is -0.454 e. The summed E-state index contributed by atoms with van der Waals surface area (Å²) in [6.07, 6.45) is 6.21. The van der Waals surface area contributed by atoms with E-state index in [-0.39, 0.29) is 5.92 Å². The van der Waals surface area contributed by atoms with Crippen LogP contribution in [0.15, 0.2) is 30.5 Å². The minimum atomic E-state index is 0.134. The Labute approximate surface area is 160 Å². The number of fused-ring (bicyclic) bond motifs is 1. The van der Waals surface area contributed by atoms with E-state index in [0.29, 0.717) is 24.5 Å². The maximum atomic E-state index is 12.9. The van der Waals surface area contributed by atoms with Gasteiger partial charge in [0.25, 0.3) is 0 Å². The van der Waals surface area contributed by atoms with E-state index in [1.54, 1.807) is 0 Å². The van der Waals surface area contributed by atoms with Crippen molar-refractivity contribution in [3.05, 3.63) is 36.0 Å². The van der Waals surface area contributed by atoms with Gasteiger partial charge in [-0.25, -0.2) is 0 Å². The van der Waals surface area contributed by atoms with Crippen molar-refractivity contribution < 1.29 is 14.3 Å². The molecule has 1 amide bonds. The van der Waals surface area contributed by atoms with Crippen molar-refractivity contribution in [1.82, 2.24) is 9.80 Å². The number of carbonyl (C=O) groups excluding carboxylic acids is 1. The van der Waals surface area contributed by atoms with E-state index in [4.69, 9.17) is 9.47 Å². The number of ether oxygens (including phenoxy) is 2. The molecule has 0 N–H and O–H groups in total. The summed E-state index contributed by atoms with van der Waals surface area (Å²) in [6.45, 7) is 8.17. The lowest BCUT2D eigenvalue weighted by atomic mass is 10.0. The fourth-order valence-electron chi connectivity index (χ4n) is 4.95. The summed E-state index contributed by atoms with van der Waals surface area (Å²) in [7, 11) is 0. The van der Waals surface area contributed by atoms with Crippen LogP contribution >= 0.6 is 0 Å². The second-order valence-corrected chi connectivity index (χ2v) is 8.35. The van der Waals surface area contributed by atoms with E-state index < -0.39 is 0 Å². The predicted octanol–water partition coefficient (Wildman–Crippen LogP) is 3.37. The maximum Gasteiger partial charge on any atom is 0.231 e. The van der Waals surface area contributed by atoms with E-state index in [9.17, 15) is 4.79 Å². The fraction of sp³-hybridized carbons (Fsp3) is 0.591. The van der Waals surface area contributed by atoms with Crippen LogP contribution in [0.4, 0.5) is 0 Å². The molecule has 0 bridgehead atoms. The molecule has 5 nitrogen and oxygen atoms in total. The first-order chi connectivity index (χ1) is 13.2. The van der Waals surface area contributed by atoms with Crippen molar-refractivity contribution >= 4 is 5.91 Å². The first-order valence-corrected chi connectivity index (χ1v) is 10.3. The zero-order valence-electron chi connectivity index (χ0n) is 15.9. The second-order valence-electron chi connectivity index (χ2n) is 8.35. The molecular weight excluding hydrogens is 340 g/mol. The number of nitrogens with zero attached hydrogens (tertiary/aromatic N) is 2. The summed E-state index contributed by atoms with van der Waals surface area (Å²) in [5.41, 5.74) is 2.51. The van der Waals surface area contributed by atoms with Crippen LogP contribution in [0.25, 0.3) is 0 Å². The van der Waals surface area contributed by atoms with Crippen molar-refractivity contribution in [2.75, 3.05) is 33.0 Å². The fourth-order valence-corrected chi connectivity index (χ4v) is 4.95. The first-order valence-electron chi connectivity index (χ1n) is 10.3. The lowest BCUT2D eigenvalue weighted by Crippen LogP contribution is -2.49. The number of hydrogen-bond acceptors (Lipinski definition) is 4. The zero-order chi connectivity index (χ0) is 18.4. The summed E-state index contributed by atoms with van der Waals surface area (Å²) >= 11 is 0. The molecule has 27 heavy (non-hydrogen) atoms. The smallest absolute Gasteiger partial charge is 0.231 e. The van der Waals surface area contributed by atoms with Crippen LogP contribution in [0.3, 0.4) is 0 Å². The van der Waals surface area contributed by atoms with Crippen LogP contribution < -0.4 is 9.47 Å². The Hall–Kier alpha value is -2.17. The zero-order valence-corrected chi connectivity index (χ0v) is 15.9. The molecule has 0 spiro atoms. The molecule has 2 unspecified atom stereocenters. The van der Waals surface area contributed by atoms with Crippen molar-refractivity contribution in [1.29, 1.82) is 0 Å². The second kappa shape index (κ2) is 6.77. The molecule has 2 aliphatic heterocycles. The van der Waals surface area contributed by atoms with Gasteiger partial charge >= 0.3 is 0 Å². The van der Waals surface area contributed by atoms with Gasteiger partial charge in [-0.3, -0.25) is 4.79 Å². The molecule has 4 aliphatic rings. The van der Waals surface area contributed by atoms with Crippen LogP contribution in [0.5, 0.6) is 11.5 Å². The Bertz CT molecular complexity index is 748. The lowest BCUT2D eigenvalue weighted by molar-refractivity contribution is -0.134. The van der Waals surface area contributed by atoms with Crippen molar-refractivity contribution in [2.45, 2.75) is 38.0 Å². The van der Waals surface area contributed by atoms with E-state index in [1.165, 1.54) is 36.9 Å². The summed E-state index contributed by atoms with van der Waals surface area (Å²) < 4.78 is 10.9. The molecule has 144 valence electrons.